The van der Waals surface area contributed by atoms with E-state index in [0.717, 1.165) is 45.1 Å². The Balaban J connectivity index is 1.69. The highest BCUT2D eigenvalue weighted by Gasteiger charge is 2.38. The van der Waals surface area contributed by atoms with Crippen LogP contribution >= 0.6 is 11.7 Å². The van der Waals surface area contributed by atoms with Crippen molar-refractivity contribution in [3.63, 3.8) is 0 Å². The number of allylic oxidation sites excluding steroid dienone is 2. The van der Waals surface area contributed by atoms with Crippen molar-refractivity contribution in [1.29, 1.82) is 15.8 Å². The molecule has 2 heterocycles. The van der Waals surface area contributed by atoms with Crippen molar-refractivity contribution in [2.24, 2.45) is 0 Å². The summed E-state index contributed by atoms with van der Waals surface area (Å²) in [7, 11) is 4.02. The summed E-state index contributed by atoms with van der Waals surface area (Å²) in [5, 5.41) is 28.2. The molecule has 1 aromatic heterocycles. The Morgan fingerprint density at radius 3 is 2.00 bits per heavy atom. The fraction of sp³-hybridized carbons (Fsp3) is 0.179. The van der Waals surface area contributed by atoms with Crippen LogP contribution in [-0.2, 0) is 4.74 Å². The number of hydrogen-bond donors (Lipinski definition) is 0. The maximum atomic E-state index is 9.74. The van der Waals surface area contributed by atoms with Crippen molar-refractivity contribution in [1.82, 2.24) is 8.75 Å². The van der Waals surface area contributed by atoms with Gasteiger partial charge in [-0.15, -0.1) is 0 Å². The first-order valence-electron chi connectivity index (χ1n) is 11.1. The van der Waals surface area contributed by atoms with Gasteiger partial charge in [0.15, 0.2) is 11.3 Å². The van der Waals surface area contributed by atoms with E-state index in [1.54, 1.807) is 19.9 Å². The third-order valence-corrected chi connectivity index (χ3v) is 6.37. The number of benzene rings is 2. The highest BCUT2D eigenvalue weighted by Crippen LogP contribution is 2.40. The lowest BCUT2D eigenvalue weighted by Crippen LogP contribution is -2.20. The van der Waals surface area contributed by atoms with E-state index in [1.807, 2.05) is 56.6 Å². The molecular weight excluding hydrogens is 468 g/mol. The number of hydrogen-bond acceptors (Lipinski definition) is 8. The SMILES string of the molecule is CN(C)c1ccc(/C=C/c2ccc(/C=C/C3=C(C#N)C(=C(C#N)C#N)OC3(C)C)c3nsnc23)cc1. The fourth-order valence-electron chi connectivity index (χ4n) is 3.90. The maximum absolute atomic E-state index is 9.74. The summed E-state index contributed by atoms with van der Waals surface area (Å²) in [6.45, 7) is 3.59. The van der Waals surface area contributed by atoms with E-state index in [-0.39, 0.29) is 16.9 Å². The van der Waals surface area contributed by atoms with Crippen molar-refractivity contribution in [3.05, 3.63) is 81.6 Å². The van der Waals surface area contributed by atoms with E-state index in [0.29, 0.717) is 5.57 Å². The molecule has 0 amide bonds. The minimum Gasteiger partial charge on any atom is -0.480 e. The van der Waals surface area contributed by atoms with E-state index in [9.17, 15) is 15.8 Å². The summed E-state index contributed by atoms with van der Waals surface area (Å²) in [5.74, 6) is 0.0201. The van der Waals surface area contributed by atoms with Crippen LogP contribution < -0.4 is 4.90 Å². The molecular formula is C28H22N6OS. The van der Waals surface area contributed by atoms with E-state index >= 15 is 0 Å². The number of aromatic nitrogens is 2. The van der Waals surface area contributed by atoms with Gasteiger partial charge in [-0.1, -0.05) is 48.6 Å². The third kappa shape index (κ3) is 4.61. The van der Waals surface area contributed by atoms with Crippen LogP contribution in [0.5, 0.6) is 0 Å². The summed E-state index contributed by atoms with van der Waals surface area (Å²) in [4.78, 5) is 2.06. The Morgan fingerprint density at radius 2 is 1.47 bits per heavy atom. The van der Waals surface area contributed by atoms with Gasteiger partial charge in [0, 0.05) is 36.5 Å². The van der Waals surface area contributed by atoms with Gasteiger partial charge in [-0.25, -0.2) is 0 Å². The lowest BCUT2D eigenvalue weighted by Gasteiger charge is -2.20. The number of fused-ring (bicyclic) bond motifs is 1. The molecule has 0 unspecified atom stereocenters. The molecule has 0 saturated heterocycles. The molecule has 0 spiro atoms. The molecule has 1 aliphatic rings. The van der Waals surface area contributed by atoms with Crippen LogP contribution in [0.15, 0.2) is 65.0 Å². The van der Waals surface area contributed by atoms with Gasteiger partial charge < -0.3 is 9.64 Å². The van der Waals surface area contributed by atoms with Crippen LogP contribution in [0.2, 0.25) is 0 Å². The van der Waals surface area contributed by atoms with Crippen molar-refractivity contribution in [3.8, 4) is 18.2 Å². The van der Waals surface area contributed by atoms with E-state index in [1.165, 1.54) is 0 Å². The van der Waals surface area contributed by atoms with Crippen LogP contribution in [0, 0.1) is 34.0 Å². The van der Waals surface area contributed by atoms with E-state index in [4.69, 9.17) is 4.74 Å². The first-order chi connectivity index (χ1) is 17.3. The maximum Gasteiger partial charge on any atom is 0.172 e. The quantitative estimate of drug-likeness (QED) is 0.325. The number of ether oxygens (including phenoxy) is 1. The highest BCUT2D eigenvalue weighted by molar-refractivity contribution is 7.00. The lowest BCUT2D eigenvalue weighted by molar-refractivity contribution is 0.0954. The standard InChI is InChI=1S/C28H22N6OS/c1-28(2)24(23(17-31)27(35-28)21(15-29)16-30)14-11-20-10-9-19(25-26(20)33-36-32-25)8-5-18-6-12-22(13-7-18)34(3)4/h5-14H,1-4H3/b8-5+,14-11+. The fourth-order valence-corrected chi connectivity index (χ4v) is 4.49. The van der Waals surface area contributed by atoms with E-state index < -0.39 is 5.60 Å². The molecule has 0 fully saturated rings. The van der Waals surface area contributed by atoms with Crippen LogP contribution in [0.4, 0.5) is 5.69 Å². The summed E-state index contributed by atoms with van der Waals surface area (Å²) in [6.07, 6.45) is 7.71. The van der Waals surface area contributed by atoms with Crippen LogP contribution in [0.1, 0.15) is 30.5 Å². The number of nitriles is 3. The molecule has 0 N–H and O–H groups in total. The highest BCUT2D eigenvalue weighted by atomic mass is 32.1. The molecule has 4 rings (SSSR count). The van der Waals surface area contributed by atoms with Crippen molar-refractivity contribution in [2.75, 3.05) is 19.0 Å². The molecule has 0 atom stereocenters. The summed E-state index contributed by atoms with van der Waals surface area (Å²) >= 11 is 1.14. The van der Waals surface area contributed by atoms with Crippen molar-refractivity contribution < 1.29 is 4.74 Å². The summed E-state index contributed by atoms with van der Waals surface area (Å²) in [6, 6.07) is 17.9. The first-order valence-corrected chi connectivity index (χ1v) is 11.8. The molecule has 1 aliphatic heterocycles. The molecule has 3 aromatic rings. The zero-order chi connectivity index (χ0) is 25.9. The van der Waals surface area contributed by atoms with Gasteiger partial charge >= 0.3 is 0 Å². The molecule has 0 bridgehead atoms. The zero-order valence-corrected chi connectivity index (χ0v) is 21.1. The Morgan fingerprint density at radius 1 is 0.889 bits per heavy atom. The van der Waals surface area contributed by atoms with Gasteiger partial charge in [-0.2, -0.15) is 24.5 Å². The van der Waals surface area contributed by atoms with Gasteiger partial charge in [0.25, 0.3) is 0 Å². The Bertz CT molecular complexity index is 1570. The van der Waals surface area contributed by atoms with E-state index in [2.05, 4.69) is 44.0 Å². The normalized spacial score (nSPS) is 14.6. The smallest absolute Gasteiger partial charge is 0.172 e. The summed E-state index contributed by atoms with van der Waals surface area (Å²) in [5.41, 5.74) is 5.22. The van der Waals surface area contributed by atoms with Gasteiger partial charge in [0.05, 0.1) is 11.7 Å². The Labute approximate surface area is 214 Å². The van der Waals surface area contributed by atoms with Gasteiger partial charge in [-0.05, 0) is 31.5 Å². The minimum atomic E-state index is -0.875. The van der Waals surface area contributed by atoms with Crippen molar-refractivity contribution in [2.45, 2.75) is 19.4 Å². The van der Waals surface area contributed by atoms with Crippen LogP contribution in [-0.4, -0.2) is 28.4 Å². The largest absolute Gasteiger partial charge is 0.480 e. The second kappa shape index (κ2) is 9.88. The molecule has 176 valence electrons. The summed E-state index contributed by atoms with van der Waals surface area (Å²) < 4.78 is 14.8. The second-order valence-electron chi connectivity index (χ2n) is 8.80. The van der Waals surface area contributed by atoms with Gasteiger partial charge in [-0.3, -0.25) is 0 Å². The first kappa shape index (κ1) is 24.4. The molecule has 8 heteroatoms. The lowest BCUT2D eigenvalue weighted by atomic mass is 9.94. The third-order valence-electron chi connectivity index (χ3n) is 5.84. The number of anilines is 1. The predicted octanol–water partition coefficient (Wildman–Crippen LogP) is 5.87. The molecule has 2 aromatic carbocycles. The molecule has 0 saturated carbocycles. The van der Waals surface area contributed by atoms with Crippen LogP contribution in [0.3, 0.4) is 0 Å². The van der Waals surface area contributed by atoms with Gasteiger partial charge in [0.2, 0.25) is 0 Å². The molecule has 36 heavy (non-hydrogen) atoms. The zero-order valence-electron chi connectivity index (χ0n) is 20.3. The molecule has 7 nitrogen and oxygen atoms in total. The monoisotopic (exact) mass is 490 g/mol. The van der Waals surface area contributed by atoms with Crippen LogP contribution in [0.25, 0.3) is 29.3 Å². The second-order valence-corrected chi connectivity index (χ2v) is 9.33. The Hall–Kier alpha value is -4.71. The number of nitrogens with zero attached hydrogens (tertiary/aromatic N) is 6. The average molecular weight is 491 g/mol. The van der Waals surface area contributed by atoms with Crippen molar-refractivity contribution >= 4 is 46.7 Å². The van der Waals surface area contributed by atoms with Gasteiger partial charge in [0.1, 0.15) is 40.4 Å². The number of rotatable bonds is 5. The molecule has 0 radical (unpaired) electrons. The topological polar surface area (TPSA) is 110 Å². The Kier molecular flexibility index (Phi) is 6.70. The molecule has 0 aliphatic carbocycles. The average Bonchev–Trinajstić information content (AvgIpc) is 3.45. The minimum absolute atomic E-state index is 0.0201. The predicted molar refractivity (Wildman–Crippen MR) is 142 cm³/mol.